The lowest BCUT2D eigenvalue weighted by Gasteiger charge is -2.35. The molecule has 2 fully saturated rings. The van der Waals surface area contributed by atoms with Gasteiger partial charge in [0.25, 0.3) is 0 Å². The van der Waals surface area contributed by atoms with Crippen LogP contribution >= 0.6 is 0 Å². The molecule has 4 unspecified atom stereocenters. The van der Waals surface area contributed by atoms with Crippen molar-refractivity contribution < 1.29 is 23.5 Å². The van der Waals surface area contributed by atoms with Crippen LogP contribution in [0.3, 0.4) is 0 Å². The van der Waals surface area contributed by atoms with Crippen molar-refractivity contribution in [1.82, 2.24) is 15.1 Å². The van der Waals surface area contributed by atoms with Crippen molar-refractivity contribution >= 4 is 31.8 Å². The van der Waals surface area contributed by atoms with Crippen LogP contribution in [0, 0.1) is 0 Å². The fourth-order valence-electron chi connectivity index (χ4n) is 5.15. The number of para-hydroxylation sites is 1. The molecule has 2 N–H and O–H groups in total. The van der Waals surface area contributed by atoms with E-state index in [9.17, 15) is 9.90 Å². The lowest BCUT2D eigenvalue weighted by atomic mass is 10.1. The third kappa shape index (κ3) is 5.07. The summed E-state index contributed by atoms with van der Waals surface area (Å²) < 4.78 is 20.0. The number of ether oxygens (including phenoxy) is 1. The van der Waals surface area contributed by atoms with E-state index >= 15 is 0 Å². The van der Waals surface area contributed by atoms with Crippen molar-refractivity contribution in [3.63, 3.8) is 0 Å². The number of carbonyl (C=O) groups is 1. The minimum Gasteiger partial charge on any atom is -0.394 e. The molecule has 2 saturated heterocycles. The Labute approximate surface area is 224 Å². The molecular formula is C27H35N5O5Si. The zero-order chi connectivity index (χ0) is 26.9. The Balaban J connectivity index is 1.50. The number of aliphatic hydroxyl groups is 1. The first-order valence-electron chi connectivity index (χ1n) is 12.7. The van der Waals surface area contributed by atoms with E-state index in [0.29, 0.717) is 6.04 Å². The average molecular weight is 538 g/mol. The van der Waals surface area contributed by atoms with Crippen molar-refractivity contribution in [1.29, 1.82) is 0 Å². The number of hydrogen-bond donors (Lipinski definition) is 2. The van der Waals surface area contributed by atoms with Crippen molar-refractivity contribution in [3.8, 4) is 0 Å². The highest BCUT2D eigenvalue weighted by Gasteiger charge is 2.62. The fraction of sp³-hybridized carbons (Fsp3) is 0.407. The highest BCUT2D eigenvalue weighted by Crippen LogP contribution is 2.40. The summed E-state index contributed by atoms with van der Waals surface area (Å²) in [4.78, 5) is 22.8. The number of nitrogens with one attached hydrogen (secondary N) is 1. The topological polar surface area (TPSA) is 99.1 Å². The molecule has 38 heavy (non-hydrogen) atoms. The molecule has 0 aromatic heterocycles. The third-order valence-electron chi connectivity index (χ3n) is 6.86. The first kappa shape index (κ1) is 26.4. The average Bonchev–Trinajstić information content (AvgIpc) is 3.44. The molecule has 5 rings (SSSR count). The van der Waals surface area contributed by atoms with E-state index in [2.05, 4.69) is 39.5 Å². The van der Waals surface area contributed by atoms with Crippen LogP contribution in [0.5, 0.6) is 0 Å². The second kappa shape index (κ2) is 10.9. The van der Waals surface area contributed by atoms with Gasteiger partial charge in [-0.15, -0.1) is 0 Å². The second-order valence-electron chi connectivity index (χ2n) is 10.1. The Morgan fingerprint density at radius 1 is 1.05 bits per heavy atom. The molecule has 2 aromatic rings. The van der Waals surface area contributed by atoms with Gasteiger partial charge in [0.15, 0.2) is 6.23 Å². The molecule has 0 saturated carbocycles. The summed E-state index contributed by atoms with van der Waals surface area (Å²) in [7, 11) is 4.61. The maximum atomic E-state index is 13.1. The van der Waals surface area contributed by atoms with Crippen molar-refractivity contribution in [2.24, 2.45) is 4.99 Å². The lowest BCUT2D eigenvalue weighted by Crippen LogP contribution is -2.57. The second-order valence-corrected chi connectivity index (χ2v) is 13.0. The molecule has 3 aliphatic rings. The quantitative estimate of drug-likeness (QED) is 0.296. The van der Waals surface area contributed by atoms with E-state index < -0.39 is 39.3 Å². The SMILES string of the molecule is CN(C)/C=N\C1C=CN([C@@H]2O[C@H](CO)C3O[Si](Cc4ccccc4)(c4ccccc4N(C)C)OC32)C(=O)N1. The molecule has 0 spiro atoms. The third-order valence-corrected chi connectivity index (χ3v) is 10.3. The van der Waals surface area contributed by atoms with E-state index in [4.69, 9.17) is 13.6 Å². The van der Waals surface area contributed by atoms with Gasteiger partial charge in [0, 0.05) is 51.3 Å². The maximum absolute atomic E-state index is 13.1. The van der Waals surface area contributed by atoms with Crippen LogP contribution in [0.15, 0.2) is 71.9 Å². The predicted molar refractivity (Wildman–Crippen MR) is 147 cm³/mol. The summed E-state index contributed by atoms with van der Waals surface area (Å²) in [6.07, 6.45) is 2.14. The zero-order valence-corrected chi connectivity index (χ0v) is 23.1. The molecule has 0 aliphatic carbocycles. The minimum atomic E-state index is -3.12. The van der Waals surface area contributed by atoms with Gasteiger partial charge in [-0.2, -0.15) is 0 Å². The largest absolute Gasteiger partial charge is 0.394 e. The molecule has 3 aliphatic heterocycles. The Hall–Kier alpha value is -3.22. The molecule has 10 nitrogen and oxygen atoms in total. The standard InChI is InChI=1S/C27H35N5O5Si/c1-30(2)18-28-23-14-15-32(27(34)29-23)26-25-24(21(16-33)35-26)36-38(37-25,17-19-10-6-5-7-11-19)22-13-9-8-12-20(22)31(3)4/h5-15,18,21,23-26,33H,16-17H2,1-4H3,(H,29,34)/b28-18-/t21-,23?,24?,25?,26-,38?/m1/s1. The monoisotopic (exact) mass is 537 g/mol. The number of hydrogen-bond acceptors (Lipinski definition) is 7. The van der Waals surface area contributed by atoms with Crippen LogP contribution in [0.2, 0.25) is 0 Å². The minimum absolute atomic E-state index is 0.249. The number of benzene rings is 2. The molecule has 0 bridgehead atoms. The highest BCUT2D eigenvalue weighted by molar-refractivity contribution is 6.82. The van der Waals surface area contributed by atoms with Crippen LogP contribution in [0.25, 0.3) is 0 Å². The van der Waals surface area contributed by atoms with Crippen molar-refractivity contribution in [2.75, 3.05) is 39.7 Å². The summed E-state index contributed by atoms with van der Waals surface area (Å²) in [6, 6.07) is 18.5. The number of urea groups is 1. The Kier molecular flexibility index (Phi) is 7.55. The number of amides is 2. The number of aliphatic imine (C=N–C) groups is 1. The van der Waals surface area contributed by atoms with Gasteiger partial charge in [0.05, 0.1) is 12.9 Å². The Morgan fingerprint density at radius 3 is 2.45 bits per heavy atom. The summed E-state index contributed by atoms with van der Waals surface area (Å²) >= 11 is 0. The number of rotatable bonds is 8. The molecule has 202 valence electrons. The van der Waals surface area contributed by atoms with Gasteiger partial charge in [-0.1, -0.05) is 48.5 Å². The number of nitrogens with zero attached hydrogens (tertiary/aromatic N) is 4. The smallest absolute Gasteiger partial charge is 0.380 e. The molecule has 2 aromatic carbocycles. The summed E-state index contributed by atoms with van der Waals surface area (Å²) in [5, 5.41) is 14.1. The predicted octanol–water partition coefficient (Wildman–Crippen LogP) is 1.14. The molecule has 6 atom stereocenters. The van der Waals surface area contributed by atoms with E-state index in [1.165, 1.54) is 4.90 Å². The van der Waals surface area contributed by atoms with Crippen molar-refractivity contribution in [2.45, 2.75) is 36.7 Å². The fourth-order valence-corrected chi connectivity index (χ4v) is 9.06. The van der Waals surface area contributed by atoms with Gasteiger partial charge in [-0.3, -0.25) is 4.90 Å². The number of carbonyl (C=O) groups excluding carboxylic acids is 1. The Morgan fingerprint density at radius 2 is 1.76 bits per heavy atom. The van der Waals surface area contributed by atoms with Gasteiger partial charge in [0.2, 0.25) is 0 Å². The zero-order valence-electron chi connectivity index (χ0n) is 22.1. The molecule has 2 amide bonds. The van der Waals surface area contributed by atoms with Gasteiger partial charge in [-0.25, -0.2) is 9.79 Å². The van der Waals surface area contributed by atoms with E-state index in [0.717, 1.165) is 16.4 Å². The van der Waals surface area contributed by atoms with E-state index in [-0.39, 0.29) is 12.6 Å². The Bertz CT molecular complexity index is 1200. The van der Waals surface area contributed by atoms with Gasteiger partial charge >= 0.3 is 14.6 Å². The summed E-state index contributed by atoms with van der Waals surface area (Å²) in [5.41, 5.74) is 2.12. The molecular weight excluding hydrogens is 502 g/mol. The summed E-state index contributed by atoms with van der Waals surface area (Å²) in [6.45, 7) is -0.249. The van der Waals surface area contributed by atoms with Crippen LogP contribution in [0.1, 0.15) is 5.56 Å². The van der Waals surface area contributed by atoms with Gasteiger partial charge < -0.3 is 33.8 Å². The molecule has 0 radical (unpaired) electrons. The van der Waals surface area contributed by atoms with Crippen LogP contribution in [-0.4, -0.2) is 101 Å². The molecule has 3 heterocycles. The first-order chi connectivity index (χ1) is 18.3. The summed E-state index contributed by atoms with van der Waals surface area (Å²) in [5.74, 6) is 0. The lowest BCUT2D eigenvalue weighted by molar-refractivity contribution is -0.0725. The van der Waals surface area contributed by atoms with E-state index in [1.54, 1.807) is 23.5 Å². The van der Waals surface area contributed by atoms with Crippen LogP contribution in [-0.2, 0) is 19.6 Å². The van der Waals surface area contributed by atoms with Crippen LogP contribution < -0.4 is 15.4 Å². The van der Waals surface area contributed by atoms with Crippen molar-refractivity contribution in [3.05, 3.63) is 72.4 Å². The number of aliphatic hydroxyl groups excluding tert-OH is 1. The van der Waals surface area contributed by atoms with Gasteiger partial charge in [-0.05, 0) is 17.7 Å². The molecule has 11 heteroatoms. The van der Waals surface area contributed by atoms with E-state index in [1.807, 2.05) is 58.5 Å². The highest BCUT2D eigenvalue weighted by atomic mass is 28.4. The number of fused-ring (bicyclic) bond motifs is 1. The maximum Gasteiger partial charge on any atom is 0.380 e. The number of anilines is 1. The normalized spacial score (nSPS) is 30.5. The van der Waals surface area contributed by atoms with Gasteiger partial charge in [0.1, 0.15) is 24.5 Å². The van der Waals surface area contributed by atoms with Crippen LogP contribution in [0.4, 0.5) is 10.5 Å². The first-order valence-corrected chi connectivity index (χ1v) is 14.7.